The minimum Gasteiger partial charge on any atom is -0.314 e. The van der Waals surface area contributed by atoms with E-state index in [4.69, 9.17) is 0 Å². The summed E-state index contributed by atoms with van der Waals surface area (Å²) in [4.78, 5) is 2.34. The first kappa shape index (κ1) is 19.6. The van der Waals surface area contributed by atoms with Crippen molar-refractivity contribution in [1.29, 1.82) is 0 Å². The van der Waals surface area contributed by atoms with Crippen molar-refractivity contribution in [3.8, 4) is 0 Å². The van der Waals surface area contributed by atoms with Gasteiger partial charge < -0.3 is 5.32 Å². The molecule has 1 aromatic rings. The highest BCUT2D eigenvalue weighted by Crippen LogP contribution is 2.40. The Balaban J connectivity index is 0.00000121. The molecule has 1 N–H and O–H groups in total. The molecule has 0 bridgehead atoms. The summed E-state index contributed by atoms with van der Waals surface area (Å²) in [5, 5.41) is 3.33. The third-order valence-corrected chi connectivity index (χ3v) is 4.67. The minimum atomic E-state index is -0.334. The zero-order valence-corrected chi connectivity index (χ0v) is 14.2. The van der Waals surface area contributed by atoms with Crippen LogP contribution < -0.4 is 5.32 Å². The zero-order chi connectivity index (χ0) is 13.9. The van der Waals surface area contributed by atoms with Gasteiger partial charge in [-0.25, -0.2) is 8.78 Å². The number of halogens is 4. The molecule has 1 saturated heterocycles. The highest BCUT2D eigenvalue weighted by Gasteiger charge is 2.33. The van der Waals surface area contributed by atoms with E-state index in [1.807, 2.05) is 0 Å². The molecule has 1 saturated carbocycles. The topological polar surface area (TPSA) is 15.3 Å². The van der Waals surface area contributed by atoms with Gasteiger partial charge in [0.1, 0.15) is 11.6 Å². The number of hydrogen-bond donors (Lipinski definition) is 1. The number of piperazine rings is 1. The molecule has 126 valence electrons. The van der Waals surface area contributed by atoms with Gasteiger partial charge in [-0.05, 0) is 37.0 Å². The first-order valence-electron chi connectivity index (χ1n) is 7.65. The van der Waals surface area contributed by atoms with Crippen molar-refractivity contribution in [2.45, 2.75) is 31.7 Å². The Bertz CT molecular complexity index is 461. The molecule has 2 nitrogen and oxygen atoms in total. The van der Waals surface area contributed by atoms with Gasteiger partial charge in [-0.1, -0.05) is 12.8 Å². The van der Waals surface area contributed by atoms with Gasteiger partial charge in [0.2, 0.25) is 0 Å². The largest absolute Gasteiger partial charge is 0.314 e. The van der Waals surface area contributed by atoms with Crippen LogP contribution in [-0.2, 0) is 0 Å². The van der Waals surface area contributed by atoms with Crippen LogP contribution in [0.25, 0.3) is 0 Å². The Morgan fingerprint density at radius 1 is 1.05 bits per heavy atom. The second-order valence-corrected chi connectivity index (χ2v) is 5.94. The lowest BCUT2D eigenvalue weighted by Crippen LogP contribution is -2.47. The molecule has 6 heteroatoms. The smallest absolute Gasteiger partial charge is 0.128 e. The van der Waals surface area contributed by atoms with Gasteiger partial charge in [0.05, 0.1) is 0 Å². The molecule has 1 aliphatic heterocycles. The van der Waals surface area contributed by atoms with E-state index < -0.39 is 0 Å². The van der Waals surface area contributed by atoms with E-state index in [2.05, 4.69) is 10.2 Å². The van der Waals surface area contributed by atoms with Gasteiger partial charge in [-0.15, -0.1) is 24.8 Å². The van der Waals surface area contributed by atoms with Crippen LogP contribution in [0.2, 0.25) is 0 Å². The number of nitrogens with one attached hydrogen (secondary N) is 1. The summed E-state index contributed by atoms with van der Waals surface area (Å²) in [7, 11) is 0. The van der Waals surface area contributed by atoms with Crippen LogP contribution in [0.5, 0.6) is 0 Å². The molecule has 2 aliphatic rings. The van der Waals surface area contributed by atoms with E-state index in [9.17, 15) is 8.78 Å². The quantitative estimate of drug-likeness (QED) is 0.885. The van der Waals surface area contributed by atoms with Crippen molar-refractivity contribution in [2.75, 3.05) is 26.2 Å². The number of benzene rings is 1. The summed E-state index contributed by atoms with van der Waals surface area (Å²) in [5.74, 6) is -0.134. The van der Waals surface area contributed by atoms with Crippen LogP contribution in [0.15, 0.2) is 18.2 Å². The maximum atomic E-state index is 14.2. The predicted octanol–water partition coefficient (Wildman–Crippen LogP) is 3.94. The molecule has 0 radical (unpaired) electrons. The standard InChI is InChI=1S/C16H22F2N2.2ClH/c17-13-5-6-15(18)14(11-13)16(12-3-1-2-4-12)20-9-7-19-8-10-20;;/h5-6,11-12,16,19H,1-4,7-10H2;2*1H/t16-;;/m0../s1. The predicted molar refractivity (Wildman–Crippen MR) is 90.0 cm³/mol. The van der Waals surface area contributed by atoms with Crippen molar-refractivity contribution in [2.24, 2.45) is 5.92 Å². The van der Waals surface area contributed by atoms with Crippen LogP contribution in [0.3, 0.4) is 0 Å². The Kier molecular flexibility index (Phi) is 8.04. The van der Waals surface area contributed by atoms with Gasteiger partial charge in [0, 0.05) is 37.8 Å². The molecule has 0 aromatic heterocycles. The fraction of sp³-hybridized carbons (Fsp3) is 0.625. The third-order valence-electron chi connectivity index (χ3n) is 4.67. The van der Waals surface area contributed by atoms with Crippen LogP contribution >= 0.6 is 24.8 Å². The van der Waals surface area contributed by atoms with Crippen LogP contribution in [-0.4, -0.2) is 31.1 Å². The number of rotatable bonds is 3. The SMILES string of the molecule is Cl.Cl.Fc1ccc(F)c([C@H](C2CCCC2)N2CCNCC2)c1. The molecule has 1 aromatic carbocycles. The maximum Gasteiger partial charge on any atom is 0.128 e. The van der Waals surface area contributed by atoms with Crippen molar-refractivity contribution < 1.29 is 8.78 Å². The second kappa shape index (κ2) is 9.02. The van der Waals surface area contributed by atoms with Crippen LogP contribution in [0.1, 0.15) is 37.3 Å². The van der Waals surface area contributed by atoms with E-state index in [-0.39, 0.29) is 42.5 Å². The van der Waals surface area contributed by atoms with Gasteiger partial charge in [-0.2, -0.15) is 0 Å². The average Bonchev–Trinajstić information content (AvgIpc) is 2.98. The van der Waals surface area contributed by atoms with E-state index in [0.717, 1.165) is 39.0 Å². The summed E-state index contributed by atoms with van der Waals surface area (Å²) in [6.07, 6.45) is 4.68. The van der Waals surface area contributed by atoms with E-state index in [1.165, 1.54) is 31.0 Å². The van der Waals surface area contributed by atoms with Crippen LogP contribution in [0.4, 0.5) is 8.78 Å². The minimum absolute atomic E-state index is 0. The van der Waals surface area contributed by atoms with Gasteiger partial charge in [0.15, 0.2) is 0 Å². The highest BCUT2D eigenvalue weighted by molar-refractivity contribution is 5.85. The Labute approximate surface area is 143 Å². The third kappa shape index (κ3) is 4.31. The number of nitrogens with zero attached hydrogens (tertiary/aromatic N) is 1. The van der Waals surface area contributed by atoms with Gasteiger partial charge >= 0.3 is 0 Å². The van der Waals surface area contributed by atoms with Crippen molar-refractivity contribution in [3.63, 3.8) is 0 Å². The van der Waals surface area contributed by atoms with Gasteiger partial charge in [0.25, 0.3) is 0 Å². The first-order chi connectivity index (χ1) is 9.75. The molecule has 3 rings (SSSR count). The fourth-order valence-electron chi connectivity index (χ4n) is 3.72. The molecule has 2 fully saturated rings. The Morgan fingerprint density at radius 3 is 2.32 bits per heavy atom. The molecule has 22 heavy (non-hydrogen) atoms. The summed E-state index contributed by atoms with van der Waals surface area (Å²) >= 11 is 0. The number of hydrogen-bond acceptors (Lipinski definition) is 2. The normalized spacial score (nSPS) is 21.0. The van der Waals surface area contributed by atoms with E-state index >= 15 is 0 Å². The molecule has 1 atom stereocenters. The van der Waals surface area contributed by atoms with Gasteiger partial charge in [-0.3, -0.25) is 4.90 Å². The summed E-state index contributed by atoms with van der Waals surface area (Å²) in [6.45, 7) is 3.69. The summed E-state index contributed by atoms with van der Waals surface area (Å²) in [5.41, 5.74) is 0.554. The van der Waals surface area contributed by atoms with E-state index in [1.54, 1.807) is 0 Å². The molecule has 1 aliphatic carbocycles. The molecule has 1 heterocycles. The van der Waals surface area contributed by atoms with Crippen molar-refractivity contribution in [1.82, 2.24) is 10.2 Å². The van der Waals surface area contributed by atoms with Crippen LogP contribution in [0, 0.1) is 17.6 Å². The Hall–Kier alpha value is -0.420. The second-order valence-electron chi connectivity index (χ2n) is 5.94. The zero-order valence-electron chi connectivity index (χ0n) is 12.6. The summed E-state index contributed by atoms with van der Waals surface area (Å²) < 4.78 is 27.8. The lowest BCUT2D eigenvalue weighted by molar-refractivity contribution is 0.122. The molecular formula is C16H24Cl2F2N2. The molecular weight excluding hydrogens is 329 g/mol. The molecule has 0 spiro atoms. The first-order valence-corrected chi connectivity index (χ1v) is 7.65. The lowest BCUT2D eigenvalue weighted by Gasteiger charge is -2.38. The lowest BCUT2D eigenvalue weighted by atomic mass is 9.89. The highest BCUT2D eigenvalue weighted by atomic mass is 35.5. The van der Waals surface area contributed by atoms with Crippen molar-refractivity contribution in [3.05, 3.63) is 35.4 Å². The molecule has 0 amide bonds. The Morgan fingerprint density at radius 2 is 1.68 bits per heavy atom. The van der Waals surface area contributed by atoms with E-state index in [0.29, 0.717) is 11.5 Å². The summed E-state index contributed by atoms with van der Waals surface area (Å²) in [6, 6.07) is 3.92. The van der Waals surface area contributed by atoms with Crippen molar-refractivity contribution >= 4 is 24.8 Å². The molecule has 0 unspecified atom stereocenters. The fourth-order valence-corrected chi connectivity index (χ4v) is 3.72. The average molecular weight is 353 g/mol. The monoisotopic (exact) mass is 352 g/mol. The maximum absolute atomic E-state index is 14.2.